The van der Waals surface area contributed by atoms with Crippen molar-refractivity contribution in [2.24, 2.45) is 0 Å². The van der Waals surface area contributed by atoms with Crippen molar-refractivity contribution in [2.45, 2.75) is 19.6 Å². The number of hydrogen-bond donors (Lipinski definition) is 2. The van der Waals surface area contributed by atoms with E-state index in [-0.39, 0.29) is 11.1 Å². The average Bonchev–Trinajstić information content (AvgIpc) is 2.69. The van der Waals surface area contributed by atoms with Crippen LogP contribution in [-0.2, 0) is 19.6 Å². The van der Waals surface area contributed by atoms with Gasteiger partial charge in [-0.2, -0.15) is 0 Å². The lowest BCUT2D eigenvalue weighted by molar-refractivity contribution is 0.0685. The molecule has 0 saturated carbocycles. The summed E-state index contributed by atoms with van der Waals surface area (Å²) in [7, 11) is 0. The molecule has 0 aliphatic carbocycles. The van der Waals surface area contributed by atoms with Gasteiger partial charge in [0, 0.05) is 19.6 Å². The molecule has 142 valence electrons. The van der Waals surface area contributed by atoms with Crippen molar-refractivity contribution in [1.29, 1.82) is 0 Å². The molecule has 3 aromatic carbocycles. The molecule has 0 unspecified atom stereocenters. The number of carbonyl (C=O) groups is 2. The van der Waals surface area contributed by atoms with Gasteiger partial charge < -0.3 is 10.2 Å². The van der Waals surface area contributed by atoms with Crippen LogP contribution in [0.15, 0.2) is 78.9 Å². The third-order valence-corrected chi connectivity index (χ3v) is 4.53. The summed E-state index contributed by atoms with van der Waals surface area (Å²) in [6.07, 6.45) is 0. The second-order valence-corrected chi connectivity index (χ2v) is 6.56. The van der Waals surface area contributed by atoms with Crippen LogP contribution in [0.2, 0.25) is 0 Å². The van der Waals surface area contributed by atoms with Crippen molar-refractivity contribution in [3.63, 3.8) is 0 Å². The zero-order valence-electron chi connectivity index (χ0n) is 15.3. The Hall–Kier alpha value is -3.44. The molecular formula is C23H21NO4. The first-order chi connectivity index (χ1) is 13.5. The first-order valence-corrected chi connectivity index (χ1v) is 8.93. The summed E-state index contributed by atoms with van der Waals surface area (Å²) in [6.45, 7) is 1.36. The van der Waals surface area contributed by atoms with Gasteiger partial charge in [-0.05, 0) is 28.8 Å². The number of benzene rings is 3. The molecule has 0 atom stereocenters. The van der Waals surface area contributed by atoms with Crippen molar-refractivity contribution in [1.82, 2.24) is 4.90 Å². The second-order valence-electron chi connectivity index (χ2n) is 6.56. The Kier molecular flexibility index (Phi) is 6.19. The van der Waals surface area contributed by atoms with Gasteiger partial charge in [-0.25, -0.2) is 9.59 Å². The molecule has 0 aliphatic rings. The molecule has 0 heterocycles. The van der Waals surface area contributed by atoms with Crippen molar-refractivity contribution >= 4 is 11.9 Å². The summed E-state index contributed by atoms with van der Waals surface area (Å²) in [5.41, 5.74) is 2.97. The fourth-order valence-electron chi connectivity index (χ4n) is 3.22. The number of aromatic carboxylic acids is 2. The Balaban J connectivity index is 1.92. The summed E-state index contributed by atoms with van der Waals surface area (Å²) < 4.78 is 0. The van der Waals surface area contributed by atoms with Gasteiger partial charge in [0.1, 0.15) is 0 Å². The van der Waals surface area contributed by atoms with Crippen molar-refractivity contribution in [2.75, 3.05) is 0 Å². The van der Waals surface area contributed by atoms with E-state index in [9.17, 15) is 19.8 Å². The highest BCUT2D eigenvalue weighted by atomic mass is 16.4. The van der Waals surface area contributed by atoms with Gasteiger partial charge in [-0.15, -0.1) is 0 Å². The monoisotopic (exact) mass is 375 g/mol. The van der Waals surface area contributed by atoms with Gasteiger partial charge in [0.15, 0.2) is 0 Å². The lowest BCUT2D eigenvalue weighted by Crippen LogP contribution is -2.24. The third-order valence-electron chi connectivity index (χ3n) is 4.53. The Labute approximate surface area is 163 Å². The van der Waals surface area contributed by atoms with E-state index < -0.39 is 11.9 Å². The van der Waals surface area contributed by atoms with Gasteiger partial charge >= 0.3 is 11.9 Å². The molecule has 0 aromatic heterocycles. The first kappa shape index (κ1) is 19.3. The SMILES string of the molecule is O=C(O)c1ccccc1CN(Cc1ccccc1)Cc1ccccc1C(=O)O. The lowest BCUT2D eigenvalue weighted by Gasteiger charge is -2.24. The summed E-state index contributed by atoms with van der Waals surface area (Å²) in [5.74, 6) is -1.94. The van der Waals surface area contributed by atoms with Crippen LogP contribution in [0, 0.1) is 0 Å². The van der Waals surface area contributed by atoms with E-state index in [2.05, 4.69) is 4.90 Å². The van der Waals surface area contributed by atoms with Crippen LogP contribution >= 0.6 is 0 Å². The molecule has 0 saturated heterocycles. The van der Waals surface area contributed by atoms with E-state index in [0.29, 0.717) is 30.8 Å². The predicted molar refractivity (Wildman–Crippen MR) is 106 cm³/mol. The standard InChI is InChI=1S/C23H21NO4/c25-22(26)20-12-6-4-10-18(20)15-24(14-17-8-2-1-3-9-17)16-19-11-5-7-13-21(19)23(27)28/h1-13H,14-16H2,(H,25,26)(H,27,28). The van der Waals surface area contributed by atoms with E-state index in [1.807, 2.05) is 42.5 Å². The van der Waals surface area contributed by atoms with Crippen LogP contribution < -0.4 is 0 Å². The average molecular weight is 375 g/mol. The Morgan fingerprint density at radius 2 is 1.04 bits per heavy atom. The second kappa shape index (κ2) is 8.97. The summed E-state index contributed by atoms with van der Waals surface area (Å²) in [6, 6.07) is 23.6. The molecule has 3 aromatic rings. The Bertz CT molecular complexity index is 910. The maximum atomic E-state index is 11.6. The molecule has 5 nitrogen and oxygen atoms in total. The van der Waals surface area contributed by atoms with E-state index in [4.69, 9.17) is 0 Å². The molecule has 0 spiro atoms. The van der Waals surface area contributed by atoms with Gasteiger partial charge in [0.25, 0.3) is 0 Å². The van der Waals surface area contributed by atoms with Crippen LogP contribution in [0.25, 0.3) is 0 Å². The molecule has 5 heteroatoms. The maximum Gasteiger partial charge on any atom is 0.336 e. The van der Waals surface area contributed by atoms with Crippen LogP contribution in [-0.4, -0.2) is 27.1 Å². The molecule has 3 rings (SSSR count). The highest BCUT2D eigenvalue weighted by molar-refractivity contribution is 5.89. The molecular weight excluding hydrogens is 354 g/mol. The molecule has 0 aliphatic heterocycles. The summed E-state index contributed by atoms with van der Waals surface area (Å²) in [4.78, 5) is 25.2. The lowest BCUT2D eigenvalue weighted by atomic mass is 10.0. The number of rotatable bonds is 8. The molecule has 0 radical (unpaired) electrons. The van der Waals surface area contributed by atoms with Crippen molar-refractivity contribution < 1.29 is 19.8 Å². The quantitative estimate of drug-likeness (QED) is 0.614. The number of carboxylic acid groups (broad SMARTS) is 2. The maximum absolute atomic E-state index is 11.6. The third kappa shape index (κ3) is 4.84. The highest BCUT2D eigenvalue weighted by Gasteiger charge is 2.17. The zero-order chi connectivity index (χ0) is 19.9. The van der Waals surface area contributed by atoms with Gasteiger partial charge in [0.2, 0.25) is 0 Å². The van der Waals surface area contributed by atoms with Gasteiger partial charge in [-0.3, -0.25) is 4.90 Å². The van der Waals surface area contributed by atoms with E-state index in [0.717, 1.165) is 5.56 Å². The normalized spacial score (nSPS) is 10.8. The van der Waals surface area contributed by atoms with Gasteiger partial charge in [0.05, 0.1) is 11.1 Å². The molecule has 2 N–H and O–H groups in total. The summed E-state index contributed by atoms with van der Waals surface area (Å²) >= 11 is 0. The highest BCUT2D eigenvalue weighted by Crippen LogP contribution is 2.19. The van der Waals surface area contributed by atoms with E-state index in [1.54, 1.807) is 36.4 Å². The predicted octanol–water partition coefficient (Wildman–Crippen LogP) is 4.29. The van der Waals surface area contributed by atoms with Crippen LogP contribution in [0.5, 0.6) is 0 Å². The minimum atomic E-state index is -0.971. The fraction of sp³-hybridized carbons (Fsp3) is 0.130. The molecule has 28 heavy (non-hydrogen) atoms. The minimum Gasteiger partial charge on any atom is -0.478 e. The van der Waals surface area contributed by atoms with Crippen molar-refractivity contribution in [3.8, 4) is 0 Å². The number of hydrogen-bond acceptors (Lipinski definition) is 3. The smallest absolute Gasteiger partial charge is 0.336 e. The minimum absolute atomic E-state index is 0.257. The molecule has 0 bridgehead atoms. The fourth-order valence-corrected chi connectivity index (χ4v) is 3.22. The van der Waals surface area contributed by atoms with Crippen LogP contribution in [0.3, 0.4) is 0 Å². The van der Waals surface area contributed by atoms with Crippen molar-refractivity contribution in [3.05, 3.63) is 107 Å². The Morgan fingerprint density at radius 3 is 1.50 bits per heavy atom. The number of carboxylic acids is 2. The molecule has 0 amide bonds. The van der Waals surface area contributed by atoms with E-state index in [1.165, 1.54) is 0 Å². The summed E-state index contributed by atoms with van der Waals surface area (Å²) in [5, 5.41) is 19.0. The van der Waals surface area contributed by atoms with Gasteiger partial charge in [-0.1, -0.05) is 66.7 Å². The first-order valence-electron chi connectivity index (χ1n) is 8.93. The number of nitrogens with zero attached hydrogens (tertiary/aromatic N) is 1. The largest absolute Gasteiger partial charge is 0.478 e. The van der Waals surface area contributed by atoms with Crippen LogP contribution in [0.4, 0.5) is 0 Å². The Morgan fingerprint density at radius 1 is 0.607 bits per heavy atom. The van der Waals surface area contributed by atoms with E-state index >= 15 is 0 Å². The molecule has 0 fully saturated rings. The topological polar surface area (TPSA) is 77.8 Å². The zero-order valence-corrected chi connectivity index (χ0v) is 15.3. The van der Waals surface area contributed by atoms with Crippen LogP contribution in [0.1, 0.15) is 37.4 Å².